The Labute approximate surface area is 184 Å². The summed E-state index contributed by atoms with van der Waals surface area (Å²) in [6.07, 6.45) is 12.6. The van der Waals surface area contributed by atoms with Crippen LogP contribution in [0.2, 0.25) is 0 Å². The Bertz CT molecular complexity index is 1200. The zero-order chi connectivity index (χ0) is 21.2. The lowest BCUT2D eigenvalue weighted by atomic mass is 9.96. The molecule has 1 fully saturated rings. The number of aryl methyl sites for hydroxylation is 3. The lowest BCUT2D eigenvalue weighted by molar-refractivity contribution is 0.329. The number of nitrogens with zero attached hydrogens (tertiary/aromatic N) is 3. The van der Waals surface area contributed by atoms with Crippen molar-refractivity contribution >= 4 is 16.7 Å². The van der Waals surface area contributed by atoms with E-state index in [9.17, 15) is 0 Å². The van der Waals surface area contributed by atoms with Crippen molar-refractivity contribution in [2.75, 3.05) is 5.73 Å². The van der Waals surface area contributed by atoms with Crippen molar-refractivity contribution in [2.24, 2.45) is 0 Å². The maximum atomic E-state index is 6.31. The molecule has 2 aromatic heterocycles. The summed E-state index contributed by atoms with van der Waals surface area (Å²) in [4.78, 5) is 4.68. The summed E-state index contributed by atoms with van der Waals surface area (Å²) in [5, 5.41) is 5.79. The fourth-order valence-electron chi connectivity index (χ4n) is 4.83. The Kier molecular flexibility index (Phi) is 5.46. The van der Waals surface area contributed by atoms with Gasteiger partial charge in [-0.1, -0.05) is 49.6 Å². The van der Waals surface area contributed by atoms with Gasteiger partial charge in [0.05, 0.1) is 17.8 Å². The molecule has 4 nitrogen and oxygen atoms in total. The lowest BCUT2D eigenvalue weighted by Gasteiger charge is -2.21. The third-order valence-electron chi connectivity index (χ3n) is 6.67. The number of hydrogen-bond donors (Lipinski definition) is 1. The van der Waals surface area contributed by atoms with Crippen molar-refractivity contribution in [1.82, 2.24) is 14.8 Å². The molecule has 1 aliphatic carbocycles. The minimum absolute atomic E-state index is 0.578. The van der Waals surface area contributed by atoms with Gasteiger partial charge in [-0.05, 0) is 78.6 Å². The van der Waals surface area contributed by atoms with Crippen LogP contribution < -0.4 is 5.73 Å². The van der Waals surface area contributed by atoms with Gasteiger partial charge < -0.3 is 5.73 Å². The number of anilines is 1. The highest BCUT2D eigenvalue weighted by atomic mass is 15.3. The van der Waals surface area contributed by atoms with Crippen LogP contribution in [0, 0.1) is 6.92 Å². The maximum Gasteiger partial charge on any atom is 0.127 e. The third kappa shape index (κ3) is 4.20. The van der Waals surface area contributed by atoms with Gasteiger partial charge in [-0.25, -0.2) is 4.98 Å². The van der Waals surface area contributed by atoms with E-state index in [0.717, 1.165) is 29.3 Å². The molecule has 0 radical (unpaired) electrons. The highest BCUT2D eigenvalue weighted by Crippen LogP contribution is 2.29. The summed E-state index contributed by atoms with van der Waals surface area (Å²) in [5.74, 6) is 0.635. The number of rotatable bonds is 5. The van der Waals surface area contributed by atoms with Gasteiger partial charge in [0, 0.05) is 11.6 Å². The highest BCUT2D eigenvalue weighted by Gasteiger charge is 2.16. The third-order valence-corrected chi connectivity index (χ3v) is 6.67. The predicted octanol–water partition coefficient (Wildman–Crippen LogP) is 6.28. The van der Waals surface area contributed by atoms with Crippen LogP contribution in [0.25, 0.3) is 22.0 Å². The Balaban J connectivity index is 1.36. The van der Waals surface area contributed by atoms with E-state index >= 15 is 0 Å². The summed E-state index contributed by atoms with van der Waals surface area (Å²) >= 11 is 0. The van der Waals surface area contributed by atoms with Crippen molar-refractivity contribution in [3.63, 3.8) is 0 Å². The van der Waals surface area contributed by atoms with E-state index in [1.165, 1.54) is 54.4 Å². The zero-order valence-corrected chi connectivity index (χ0v) is 18.2. The number of benzene rings is 2. The van der Waals surface area contributed by atoms with Crippen molar-refractivity contribution < 1.29 is 0 Å². The van der Waals surface area contributed by atoms with Crippen molar-refractivity contribution in [2.45, 2.75) is 57.9 Å². The highest BCUT2D eigenvalue weighted by molar-refractivity contribution is 5.87. The van der Waals surface area contributed by atoms with Crippen LogP contribution in [0.15, 0.2) is 60.9 Å². The Morgan fingerprint density at radius 1 is 1.00 bits per heavy atom. The monoisotopic (exact) mass is 410 g/mol. The lowest BCUT2D eigenvalue weighted by Crippen LogP contribution is -2.12. The summed E-state index contributed by atoms with van der Waals surface area (Å²) in [7, 11) is 0. The molecule has 158 valence electrons. The average molecular weight is 411 g/mol. The minimum Gasteiger partial charge on any atom is -0.383 e. The number of nitrogens with two attached hydrogens (primary N) is 1. The Hall–Kier alpha value is -3.14. The van der Waals surface area contributed by atoms with Crippen LogP contribution >= 0.6 is 0 Å². The maximum absolute atomic E-state index is 6.31. The fraction of sp³-hybridized carbons (Fsp3) is 0.333. The number of nitrogen functional groups attached to an aromatic ring is 1. The fourth-order valence-corrected chi connectivity index (χ4v) is 4.83. The number of aromatic nitrogens is 3. The molecule has 2 aromatic carbocycles. The average Bonchev–Trinajstić information content (AvgIpc) is 3.27. The zero-order valence-electron chi connectivity index (χ0n) is 18.2. The molecule has 1 saturated carbocycles. The standard InChI is InChI=1S/C27H30N4/c1-19-7-5-6-10-25(19)21-13-14-26-23(15-21)16-22(27(28)30-26)12-11-20-17-29-31(18-20)24-8-3-2-4-9-24/h5-7,10,13-18,24H,2-4,8-9,11-12H2,1H3,(H2,28,30). The van der Waals surface area contributed by atoms with Gasteiger partial charge in [-0.2, -0.15) is 5.10 Å². The second-order valence-corrected chi connectivity index (χ2v) is 8.88. The summed E-state index contributed by atoms with van der Waals surface area (Å²) in [6.45, 7) is 2.15. The van der Waals surface area contributed by atoms with Crippen LogP contribution in [0.1, 0.15) is 54.8 Å². The molecule has 2 heterocycles. The topological polar surface area (TPSA) is 56.7 Å². The van der Waals surface area contributed by atoms with E-state index in [1.807, 2.05) is 6.20 Å². The number of hydrogen-bond acceptors (Lipinski definition) is 3. The first-order chi connectivity index (χ1) is 15.2. The van der Waals surface area contributed by atoms with Crippen LogP contribution in [0.4, 0.5) is 5.82 Å². The van der Waals surface area contributed by atoms with Gasteiger partial charge in [-0.15, -0.1) is 0 Å². The minimum atomic E-state index is 0.578. The van der Waals surface area contributed by atoms with E-state index in [4.69, 9.17) is 5.73 Å². The molecule has 0 bridgehead atoms. The van der Waals surface area contributed by atoms with Crippen molar-refractivity contribution in [3.8, 4) is 11.1 Å². The summed E-state index contributed by atoms with van der Waals surface area (Å²) in [6, 6.07) is 17.7. The molecule has 0 spiro atoms. The summed E-state index contributed by atoms with van der Waals surface area (Å²) in [5.41, 5.74) is 13.4. The largest absolute Gasteiger partial charge is 0.383 e. The van der Waals surface area contributed by atoms with E-state index < -0.39 is 0 Å². The number of pyridine rings is 1. The quantitative estimate of drug-likeness (QED) is 0.421. The van der Waals surface area contributed by atoms with Gasteiger partial charge in [-0.3, -0.25) is 4.68 Å². The molecule has 0 atom stereocenters. The smallest absolute Gasteiger partial charge is 0.127 e. The Morgan fingerprint density at radius 2 is 1.84 bits per heavy atom. The molecule has 0 aliphatic heterocycles. The Morgan fingerprint density at radius 3 is 2.68 bits per heavy atom. The van der Waals surface area contributed by atoms with Crippen LogP contribution in [-0.4, -0.2) is 14.8 Å². The van der Waals surface area contributed by atoms with E-state index in [2.05, 4.69) is 76.4 Å². The first-order valence-electron chi connectivity index (χ1n) is 11.5. The molecule has 5 rings (SSSR count). The molecule has 0 saturated heterocycles. The molecule has 4 aromatic rings. The first kappa shape index (κ1) is 19.8. The molecule has 4 heteroatoms. The molecule has 31 heavy (non-hydrogen) atoms. The van der Waals surface area contributed by atoms with Crippen LogP contribution in [-0.2, 0) is 12.8 Å². The molecule has 0 unspecified atom stereocenters. The van der Waals surface area contributed by atoms with Crippen molar-refractivity contribution in [1.29, 1.82) is 0 Å². The molecular formula is C27H30N4. The normalized spacial score (nSPS) is 14.9. The SMILES string of the molecule is Cc1ccccc1-c1ccc2nc(N)c(CCc3cnn(C4CCCCC4)c3)cc2c1. The van der Waals surface area contributed by atoms with Gasteiger partial charge in [0.15, 0.2) is 0 Å². The van der Waals surface area contributed by atoms with E-state index in [-0.39, 0.29) is 0 Å². The second kappa shape index (κ2) is 8.54. The summed E-state index contributed by atoms with van der Waals surface area (Å²) < 4.78 is 2.19. The van der Waals surface area contributed by atoms with Gasteiger partial charge >= 0.3 is 0 Å². The van der Waals surface area contributed by atoms with Crippen LogP contribution in [0.3, 0.4) is 0 Å². The molecule has 2 N–H and O–H groups in total. The van der Waals surface area contributed by atoms with Gasteiger partial charge in [0.1, 0.15) is 5.82 Å². The van der Waals surface area contributed by atoms with Gasteiger partial charge in [0.2, 0.25) is 0 Å². The van der Waals surface area contributed by atoms with Crippen molar-refractivity contribution in [3.05, 3.63) is 77.6 Å². The van der Waals surface area contributed by atoms with E-state index in [1.54, 1.807) is 0 Å². The molecular weight excluding hydrogens is 380 g/mol. The van der Waals surface area contributed by atoms with Crippen LogP contribution in [0.5, 0.6) is 0 Å². The molecule has 0 amide bonds. The second-order valence-electron chi connectivity index (χ2n) is 8.88. The predicted molar refractivity (Wildman–Crippen MR) is 128 cm³/mol. The first-order valence-corrected chi connectivity index (χ1v) is 11.5. The number of fused-ring (bicyclic) bond motifs is 1. The molecule has 1 aliphatic rings. The van der Waals surface area contributed by atoms with E-state index in [0.29, 0.717) is 11.9 Å². The van der Waals surface area contributed by atoms with Gasteiger partial charge in [0.25, 0.3) is 0 Å².